The highest BCUT2D eigenvalue weighted by molar-refractivity contribution is 5.99. The number of carbonyl (C=O) groups is 2. The maximum atomic E-state index is 12.2. The van der Waals surface area contributed by atoms with Crippen LogP contribution >= 0.6 is 0 Å². The Balaban J connectivity index is 1.62. The summed E-state index contributed by atoms with van der Waals surface area (Å²) in [4.78, 5) is 24.3. The number of esters is 1. The number of carbonyl (C=O) groups excluding carboxylic acids is 2. The van der Waals surface area contributed by atoms with E-state index in [1.165, 1.54) is 5.56 Å². The fourth-order valence-electron chi connectivity index (χ4n) is 2.60. The van der Waals surface area contributed by atoms with E-state index in [4.69, 9.17) is 9.15 Å². The minimum atomic E-state index is -0.638. The van der Waals surface area contributed by atoms with Gasteiger partial charge in [0.2, 0.25) is 5.76 Å². The third-order valence-electron chi connectivity index (χ3n) is 4.38. The van der Waals surface area contributed by atoms with Crippen LogP contribution in [0, 0.1) is 0 Å². The Bertz CT molecular complexity index is 857. The molecule has 0 fully saturated rings. The van der Waals surface area contributed by atoms with Crippen LogP contribution in [-0.4, -0.2) is 18.4 Å². The van der Waals surface area contributed by atoms with E-state index in [1.807, 2.05) is 30.3 Å². The van der Waals surface area contributed by atoms with E-state index in [-0.39, 0.29) is 18.2 Å². The lowest BCUT2D eigenvalue weighted by atomic mass is 9.97. The molecule has 1 heterocycles. The summed E-state index contributed by atoms with van der Waals surface area (Å²) >= 11 is 0. The van der Waals surface area contributed by atoms with E-state index in [0.29, 0.717) is 17.1 Å². The van der Waals surface area contributed by atoms with Gasteiger partial charge in [0.1, 0.15) is 5.58 Å². The van der Waals surface area contributed by atoms with Crippen LogP contribution in [0.15, 0.2) is 59.0 Å². The maximum absolute atomic E-state index is 12.2. The number of furan rings is 1. The Morgan fingerprint density at radius 3 is 2.48 bits per heavy atom. The molecule has 25 heavy (non-hydrogen) atoms. The Labute approximate surface area is 146 Å². The summed E-state index contributed by atoms with van der Waals surface area (Å²) in [6, 6.07) is 16.4. The number of ether oxygens (including phenoxy) is 1. The van der Waals surface area contributed by atoms with E-state index in [1.54, 1.807) is 24.3 Å². The molecule has 0 amide bonds. The second kappa shape index (κ2) is 7.34. The standard InChI is InChI=1S/C21H20O4/c1-3-14(2)15-8-10-16(11-9-15)18(22)13-24-21(23)20-12-17-6-4-5-7-19(17)25-20/h4-12,14H,3,13H2,1-2H3/t14-/m0/s1. The van der Waals surface area contributed by atoms with Crippen LogP contribution < -0.4 is 0 Å². The zero-order valence-electron chi connectivity index (χ0n) is 14.3. The molecule has 3 rings (SSSR count). The number of Topliss-reactive ketones (excluding diaryl/α,β-unsaturated/α-hetero) is 1. The van der Waals surface area contributed by atoms with Crippen LogP contribution in [-0.2, 0) is 4.74 Å². The fraction of sp³-hybridized carbons (Fsp3) is 0.238. The molecular weight excluding hydrogens is 316 g/mol. The van der Waals surface area contributed by atoms with Crippen molar-refractivity contribution in [2.24, 2.45) is 0 Å². The number of para-hydroxylation sites is 1. The van der Waals surface area contributed by atoms with Gasteiger partial charge in [-0.2, -0.15) is 0 Å². The fourth-order valence-corrected chi connectivity index (χ4v) is 2.60. The Morgan fingerprint density at radius 1 is 1.08 bits per heavy atom. The normalized spacial score (nSPS) is 12.1. The quantitative estimate of drug-likeness (QED) is 0.470. The van der Waals surface area contributed by atoms with Crippen molar-refractivity contribution >= 4 is 22.7 Å². The van der Waals surface area contributed by atoms with Gasteiger partial charge in [-0.1, -0.05) is 56.3 Å². The molecule has 0 aliphatic rings. The third kappa shape index (κ3) is 3.79. The summed E-state index contributed by atoms with van der Waals surface area (Å²) in [5.74, 6) is -0.322. The highest BCUT2D eigenvalue weighted by Gasteiger charge is 2.16. The van der Waals surface area contributed by atoms with Gasteiger partial charge in [0.15, 0.2) is 12.4 Å². The summed E-state index contributed by atoms with van der Waals surface area (Å²) < 4.78 is 10.5. The molecule has 0 saturated heterocycles. The van der Waals surface area contributed by atoms with E-state index < -0.39 is 5.97 Å². The van der Waals surface area contributed by atoms with Gasteiger partial charge in [-0.05, 0) is 30.0 Å². The molecule has 128 valence electrons. The van der Waals surface area contributed by atoms with Crippen LogP contribution in [0.2, 0.25) is 0 Å². The molecule has 0 N–H and O–H groups in total. The van der Waals surface area contributed by atoms with Crippen LogP contribution in [0.3, 0.4) is 0 Å². The first-order valence-corrected chi connectivity index (χ1v) is 8.37. The van der Waals surface area contributed by atoms with Crippen molar-refractivity contribution in [1.82, 2.24) is 0 Å². The lowest BCUT2D eigenvalue weighted by Crippen LogP contribution is -2.14. The molecular formula is C21H20O4. The molecule has 1 atom stereocenters. The van der Waals surface area contributed by atoms with Crippen molar-refractivity contribution in [2.45, 2.75) is 26.2 Å². The molecule has 1 aromatic heterocycles. The highest BCUT2D eigenvalue weighted by Crippen LogP contribution is 2.20. The van der Waals surface area contributed by atoms with Crippen LogP contribution in [0.25, 0.3) is 11.0 Å². The largest absolute Gasteiger partial charge is 0.451 e. The molecule has 4 nitrogen and oxygen atoms in total. The SMILES string of the molecule is CC[C@H](C)c1ccc(C(=O)COC(=O)c2cc3ccccc3o2)cc1. The van der Waals surface area contributed by atoms with Crippen molar-refractivity contribution in [3.63, 3.8) is 0 Å². The monoisotopic (exact) mass is 336 g/mol. The Morgan fingerprint density at radius 2 is 1.80 bits per heavy atom. The van der Waals surface area contributed by atoms with Crippen molar-refractivity contribution in [2.75, 3.05) is 6.61 Å². The van der Waals surface area contributed by atoms with Gasteiger partial charge in [0.25, 0.3) is 0 Å². The molecule has 0 bridgehead atoms. The molecule has 0 spiro atoms. The number of hydrogen-bond acceptors (Lipinski definition) is 4. The molecule has 0 radical (unpaired) electrons. The predicted molar refractivity (Wildman–Crippen MR) is 96.0 cm³/mol. The van der Waals surface area contributed by atoms with Gasteiger partial charge in [-0.25, -0.2) is 4.79 Å². The zero-order chi connectivity index (χ0) is 17.8. The van der Waals surface area contributed by atoms with Crippen molar-refractivity contribution in [1.29, 1.82) is 0 Å². The average molecular weight is 336 g/mol. The highest BCUT2D eigenvalue weighted by atomic mass is 16.5. The third-order valence-corrected chi connectivity index (χ3v) is 4.38. The first-order chi connectivity index (χ1) is 12.1. The van der Waals surface area contributed by atoms with E-state index in [0.717, 1.165) is 11.8 Å². The first kappa shape index (κ1) is 17.0. The van der Waals surface area contributed by atoms with Crippen molar-refractivity contribution in [3.8, 4) is 0 Å². The maximum Gasteiger partial charge on any atom is 0.374 e. The van der Waals surface area contributed by atoms with Crippen molar-refractivity contribution < 1.29 is 18.7 Å². The second-order valence-corrected chi connectivity index (χ2v) is 6.08. The Kier molecular flexibility index (Phi) is 4.98. The summed E-state index contributed by atoms with van der Waals surface area (Å²) in [6.45, 7) is 3.96. The first-order valence-electron chi connectivity index (χ1n) is 8.37. The van der Waals surface area contributed by atoms with E-state index >= 15 is 0 Å². The van der Waals surface area contributed by atoms with Crippen LogP contribution in [0.4, 0.5) is 0 Å². The molecule has 3 aromatic rings. The van der Waals surface area contributed by atoms with Gasteiger partial charge in [-0.15, -0.1) is 0 Å². The molecule has 0 aliphatic heterocycles. The number of hydrogen-bond donors (Lipinski definition) is 0. The summed E-state index contributed by atoms with van der Waals surface area (Å²) in [6.07, 6.45) is 1.04. The van der Waals surface area contributed by atoms with Crippen molar-refractivity contribution in [3.05, 3.63) is 71.5 Å². The van der Waals surface area contributed by atoms with Gasteiger partial charge >= 0.3 is 5.97 Å². The van der Waals surface area contributed by atoms with Crippen LogP contribution in [0.5, 0.6) is 0 Å². The molecule has 2 aromatic carbocycles. The number of fused-ring (bicyclic) bond motifs is 1. The zero-order valence-corrected chi connectivity index (χ0v) is 14.3. The van der Waals surface area contributed by atoms with Gasteiger partial charge < -0.3 is 9.15 Å². The Hall–Kier alpha value is -2.88. The predicted octanol–water partition coefficient (Wildman–Crippen LogP) is 4.99. The molecule has 0 aliphatic carbocycles. The average Bonchev–Trinajstić information content (AvgIpc) is 3.09. The van der Waals surface area contributed by atoms with E-state index in [9.17, 15) is 9.59 Å². The van der Waals surface area contributed by atoms with E-state index in [2.05, 4.69) is 13.8 Å². The lowest BCUT2D eigenvalue weighted by molar-refractivity contribution is 0.0446. The molecule has 0 saturated carbocycles. The number of ketones is 1. The lowest BCUT2D eigenvalue weighted by Gasteiger charge is -2.09. The summed E-state index contributed by atoms with van der Waals surface area (Å²) in [5, 5.41) is 0.821. The van der Waals surface area contributed by atoms with Gasteiger partial charge in [-0.3, -0.25) is 4.79 Å². The minimum Gasteiger partial charge on any atom is -0.451 e. The number of benzene rings is 2. The minimum absolute atomic E-state index is 0.0983. The smallest absolute Gasteiger partial charge is 0.374 e. The topological polar surface area (TPSA) is 56.5 Å². The molecule has 4 heteroatoms. The van der Waals surface area contributed by atoms with Gasteiger partial charge in [0.05, 0.1) is 0 Å². The summed E-state index contributed by atoms with van der Waals surface area (Å²) in [7, 11) is 0. The molecule has 0 unspecified atom stereocenters. The van der Waals surface area contributed by atoms with Gasteiger partial charge in [0, 0.05) is 10.9 Å². The second-order valence-electron chi connectivity index (χ2n) is 6.08. The van der Waals surface area contributed by atoms with Crippen LogP contribution in [0.1, 0.15) is 52.7 Å². The summed E-state index contributed by atoms with van der Waals surface area (Å²) in [5.41, 5.74) is 2.34. The number of rotatable bonds is 6.